The Morgan fingerprint density at radius 2 is 2.15 bits per heavy atom. The number of pyridine rings is 1. The molecular weight excluding hydrogens is 256 g/mol. The number of ether oxygens (including phenoxy) is 1. The van der Waals surface area contributed by atoms with Gasteiger partial charge in [-0.15, -0.1) is 0 Å². The lowest BCUT2D eigenvalue weighted by Crippen LogP contribution is -2.36. The SMILES string of the molecule is CCOc1cccc(NC(=O)CC2(O)CCCCC2)n1. The monoisotopic (exact) mass is 278 g/mol. The van der Waals surface area contributed by atoms with Crippen molar-refractivity contribution in [1.29, 1.82) is 0 Å². The average Bonchev–Trinajstić information content (AvgIpc) is 2.39. The van der Waals surface area contributed by atoms with E-state index in [1.54, 1.807) is 18.2 Å². The molecule has 1 heterocycles. The Bertz CT molecular complexity index is 456. The normalized spacial score (nSPS) is 17.5. The highest BCUT2D eigenvalue weighted by Gasteiger charge is 2.31. The van der Waals surface area contributed by atoms with Crippen molar-refractivity contribution in [1.82, 2.24) is 4.98 Å². The first kappa shape index (κ1) is 14.8. The summed E-state index contributed by atoms with van der Waals surface area (Å²) >= 11 is 0. The molecular formula is C15H22N2O3. The number of aliphatic hydroxyl groups is 1. The predicted octanol–water partition coefficient (Wildman–Crippen LogP) is 2.50. The zero-order valence-electron chi connectivity index (χ0n) is 11.9. The first-order chi connectivity index (χ1) is 9.61. The maximum Gasteiger partial charge on any atom is 0.228 e. The Labute approximate surface area is 119 Å². The Morgan fingerprint density at radius 3 is 2.85 bits per heavy atom. The molecule has 1 saturated carbocycles. The third kappa shape index (κ3) is 4.20. The molecule has 1 aliphatic rings. The minimum Gasteiger partial charge on any atom is -0.478 e. The Morgan fingerprint density at radius 1 is 1.40 bits per heavy atom. The number of carbonyl (C=O) groups excluding carboxylic acids is 1. The molecule has 0 spiro atoms. The maximum atomic E-state index is 12.0. The van der Waals surface area contributed by atoms with Gasteiger partial charge in [0.25, 0.3) is 0 Å². The molecule has 0 saturated heterocycles. The van der Waals surface area contributed by atoms with Crippen molar-refractivity contribution in [3.63, 3.8) is 0 Å². The summed E-state index contributed by atoms with van der Waals surface area (Å²) < 4.78 is 5.29. The van der Waals surface area contributed by atoms with Gasteiger partial charge in [0, 0.05) is 6.07 Å². The number of aromatic nitrogens is 1. The molecule has 110 valence electrons. The van der Waals surface area contributed by atoms with Crippen LogP contribution >= 0.6 is 0 Å². The highest BCUT2D eigenvalue weighted by atomic mass is 16.5. The van der Waals surface area contributed by atoms with E-state index in [2.05, 4.69) is 10.3 Å². The highest BCUT2D eigenvalue weighted by molar-refractivity contribution is 5.90. The van der Waals surface area contributed by atoms with Gasteiger partial charge < -0.3 is 15.2 Å². The van der Waals surface area contributed by atoms with Crippen LogP contribution in [0.15, 0.2) is 18.2 Å². The molecule has 1 amide bonds. The first-order valence-corrected chi connectivity index (χ1v) is 7.23. The van der Waals surface area contributed by atoms with E-state index in [4.69, 9.17) is 4.74 Å². The van der Waals surface area contributed by atoms with Gasteiger partial charge in [0.1, 0.15) is 5.82 Å². The van der Waals surface area contributed by atoms with E-state index in [1.165, 1.54) is 0 Å². The fraction of sp³-hybridized carbons (Fsp3) is 0.600. The van der Waals surface area contributed by atoms with E-state index in [0.717, 1.165) is 19.3 Å². The summed E-state index contributed by atoms with van der Waals surface area (Å²) in [6.45, 7) is 2.41. The molecule has 1 fully saturated rings. The minimum atomic E-state index is -0.847. The van der Waals surface area contributed by atoms with Gasteiger partial charge in [0.05, 0.1) is 18.6 Å². The second-order valence-electron chi connectivity index (χ2n) is 5.30. The lowest BCUT2D eigenvalue weighted by Gasteiger charge is -2.31. The average molecular weight is 278 g/mol. The molecule has 20 heavy (non-hydrogen) atoms. The van der Waals surface area contributed by atoms with Gasteiger partial charge in [0.2, 0.25) is 11.8 Å². The Kier molecular flexibility index (Phi) is 4.95. The summed E-state index contributed by atoms with van der Waals surface area (Å²) in [5.74, 6) is 0.748. The topological polar surface area (TPSA) is 71.5 Å². The Hall–Kier alpha value is -1.62. The fourth-order valence-corrected chi connectivity index (χ4v) is 2.59. The maximum absolute atomic E-state index is 12.0. The third-order valence-electron chi connectivity index (χ3n) is 3.56. The molecule has 5 heteroatoms. The summed E-state index contributed by atoms with van der Waals surface area (Å²) in [7, 11) is 0. The van der Waals surface area contributed by atoms with Crippen LogP contribution in [0.25, 0.3) is 0 Å². The van der Waals surface area contributed by atoms with Gasteiger partial charge in [-0.1, -0.05) is 25.3 Å². The molecule has 0 aromatic carbocycles. The molecule has 5 nitrogen and oxygen atoms in total. The largest absolute Gasteiger partial charge is 0.478 e. The summed E-state index contributed by atoms with van der Waals surface area (Å²) in [4.78, 5) is 16.2. The number of anilines is 1. The van der Waals surface area contributed by atoms with Crippen molar-refractivity contribution in [2.75, 3.05) is 11.9 Å². The lowest BCUT2D eigenvalue weighted by molar-refractivity contribution is -0.122. The number of amides is 1. The number of hydrogen-bond acceptors (Lipinski definition) is 4. The van der Waals surface area contributed by atoms with Crippen molar-refractivity contribution in [2.24, 2.45) is 0 Å². The molecule has 0 atom stereocenters. The summed E-state index contributed by atoms with van der Waals surface area (Å²) in [5, 5.41) is 13.1. The molecule has 0 radical (unpaired) electrons. The quantitative estimate of drug-likeness (QED) is 0.868. The van der Waals surface area contributed by atoms with E-state index in [-0.39, 0.29) is 12.3 Å². The number of nitrogens with zero attached hydrogens (tertiary/aromatic N) is 1. The number of nitrogens with one attached hydrogen (secondary N) is 1. The van der Waals surface area contributed by atoms with Crippen LogP contribution in [0, 0.1) is 0 Å². The number of rotatable bonds is 5. The lowest BCUT2D eigenvalue weighted by atomic mass is 9.82. The zero-order chi connectivity index (χ0) is 14.4. The van der Waals surface area contributed by atoms with Gasteiger partial charge >= 0.3 is 0 Å². The minimum absolute atomic E-state index is 0.132. The number of carbonyl (C=O) groups is 1. The van der Waals surface area contributed by atoms with Gasteiger partial charge in [-0.05, 0) is 25.8 Å². The van der Waals surface area contributed by atoms with Crippen LogP contribution in [-0.4, -0.2) is 28.2 Å². The highest BCUT2D eigenvalue weighted by Crippen LogP contribution is 2.31. The van der Waals surface area contributed by atoms with E-state index < -0.39 is 5.60 Å². The molecule has 0 aliphatic heterocycles. The summed E-state index contributed by atoms with van der Waals surface area (Å²) in [6, 6.07) is 5.24. The first-order valence-electron chi connectivity index (χ1n) is 7.23. The summed E-state index contributed by atoms with van der Waals surface area (Å²) in [5.41, 5.74) is -0.847. The van der Waals surface area contributed by atoms with Gasteiger partial charge in [0.15, 0.2) is 0 Å². The molecule has 2 rings (SSSR count). The molecule has 1 aromatic heterocycles. The van der Waals surface area contributed by atoms with E-state index in [9.17, 15) is 9.90 Å². The zero-order valence-corrected chi connectivity index (χ0v) is 11.9. The molecule has 0 bridgehead atoms. The van der Waals surface area contributed by atoms with Crippen LogP contribution in [0.1, 0.15) is 45.4 Å². The fourth-order valence-electron chi connectivity index (χ4n) is 2.59. The van der Waals surface area contributed by atoms with Gasteiger partial charge in [-0.25, -0.2) is 0 Å². The second kappa shape index (κ2) is 6.70. The van der Waals surface area contributed by atoms with Crippen molar-refractivity contribution < 1.29 is 14.6 Å². The molecule has 0 unspecified atom stereocenters. The number of hydrogen-bond donors (Lipinski definition) is 2. The van der Waals surface area contributed by atoms with Crippen molar-refractivity contribution in [3.8, 4) is 5.88 Å². The second-order valence-corrected chi connectivity index (χ2v) is 5.30. The van der Waals surface area contributed by atoms with Crippen LogP contribution in [0.5, 0.6) is 5.88 Å². The third-order valence-corrected chi connectivity index (χ3v) is 3.56. The van der Waals surface area contributed by atoms with E-state index >= 15 is 0 Å². The van der Waals surface area contributed by atoms with E-state index in [0.29, 0.717) is 31.1 Å². The van der Waals surface area contributed by atoms with Crippen LogP contribution in [-0.2, 0) is 4.79 Å². The smallest absolute Gasteiger partial charge is 0.228 e. The van der Waals surface area contributed by atoms with Crippen molar-refractivity contribution in [2.45, 2.75) is 51.0 Å². The van der Waals surface area contributed by atoms with Gasteiger partial charge in [-0.2, -0.15) is 4.98 Å². The van der Waals surface area contributed by atoms with Crippen LogP contribution in [0.3, 0.4) is 0 Å². The molecule has 2 N–H and O–H groups in total. The van der Waals surface area contributed by atoms with Crippen LogP contribution in [0.2, 0.25) is 0 Å². The predicted molar refractivity (Wildman–Crippen MR) is 76.7 cm³/mol. The van der Waals surface area contributed by atoms with Gasteiger partial charge in [-0.3, -0.25) is 4.79 Å². The van der Waals surface area contributed by atoms with E-state index in [1.807, 2.05) is 6.92 Å². The van der Waals surface area contributed by atoms with Crippen molar-refractivity contribution in [3.05, 3.63) is 18.2 Å². The molecule has 1 aliphatic carbocycles. The molecule has 1 aromatic rings. The van der Waals surface area contributed by atoms with Crippen molar-refractivity contribution >= 4 is 11.7 Å². The Balaban J connectivity index is 1.92. The standard InChI is InChI=1S/C15H22N2O3/c1-2-20-14-8-6-7-12(17-14)16-13(18)11-15(19)9-4-3-5-10-15/h6-8,19H,2-5,9-11H2,1H3,(H,16,17,18). The van der Waals surface area contributed by atoms with Crippen LogP contribution < -0.4 is 10.1 Å². The summed E-state index contributed by atoms with van der Waals surface area (Å²) in [6.07, 6.45) is 4.65. The van der Waals surface area contributed by atoms with Crippen LogP contribution in [0.4, 0.5) is 5.82 Å².